The summed E-state index contributed by atoms with van der Waals surface area (Å²) in [6.07, 6.45) is 0.190. The molecule has 2 rings (SSSR count). The monoisotopic (exact) mass is 334 g/mol. The highest BCUT2D eigenvalue weighted by Gasteiger charge is 2.48. The Kier molecular flexibility index (Phi) is 6.37. The molecule has 1 aromatic carbocycles. The zero-order valence-corrected chi connectivity index (χ0v) is 14.5. The maximum Gasteiger partial charge on any atom is 0.310 e. The van der Waals surface area contributed by atoms with Crippen LogP contribution in [0.25, 0.3) is 0 Å². The fourth-order valence-corrected chi connectivity index (χ4v) is 3.62. The molecule has 132 valence electrons. The summed E-state index contributed by atoms with van der Waals surface area (Å²) in [5, 5.41) is 10.6. The summed E-state index contributed by atoms with van der Waals surface area (Å²) >= 11 is 0. The Hall–Kier alpha value is -1.88. The van der Waals surface area contributed by atoms with Crippen molar-refractivity contribution in [3.8, 4) is 0 Å². The first-order valence-electron chi connectivity index (χ1n) is 8.58. The second kappa shape index (κ2) is 8.29. The standard InChI is InChI=1S/C19H26O5/c1-4-23-18(21)14-10-11-15(20)16(17(14)19(22)24-5-2)13-9-7-6-8-12(13)3/h6-9,14-17,20H,4-5,10-11H2,1-3H3/t14-,15-,16+,17+/m1/s1. The first-order chi connectivity index (χ1) is 11.5. The molecule has 0 bridgehead atoms. The highest BCUT2D eigenvalue weighted by atomic mass is 16.5. The van der Waals surface area contributed by atoms with Crippen LogP contribution in [0, 0.1) is 18.8 Å². The van der Waals surface area contributed by atoms with E-state index in [4.69, 9.17) is 9.47 Å². The zero-order chi connectivity index (χ0) is 17.7. The van der Waals surface area contributed by atoms with E-state index in [2.05, 4.69) is 0 Å². The van der Waals surface area contributed by atoms with Crippen molar-refractivity contribution in [1.82, 2.24) is 0 Å². The normalized spacial score (nSPS) is 26.7. The van der Waals surface area contributed by atoms with Crippen LogP contribution in [-0.2, 0) is 19.1 Å². The molecule has 0 unspecified atom stereocenters. The summed E-state index contributed by atoms with van der Waals surface area (Å²) in [5.41, 5.74) is 1.87. The van der Waals surface area contributed by atoms with Gasteiger partial charge in [-0.2, -0.15) is 0 Å². The Balaban J connectivity index is 2.44. The molecule has 4 atom stereocenters. The van der Waals surface area contributed by atoms with Crippen molar-refractivity contribution in [2.24, 2.45) is 11.8 Å². The van der Waals surface area contributed by atoms with Gasteiger partial charge in [-0.3, -0.25) is 9.59 Å². The highest BCUT2D eigenvalue weighted by Crippen LogP contribution is 2.43. The molecule has 1 aliphatic rings. The third kappa shape index (κ3) is 3.78. The van der Waals surface area contributed by atoms with Gasteiger partial charge in [-0.05, 0) is 44.7 Å². The maximum atomic E-state index is 12.6. The minimum atomic E-state index is -0.728. The number of aryl methyl sites for hydroxylation is 1. The molecule has 0 heterocycles. The Morgan fingerprint density at radius 1 is 1.08 bits per heavy atom. The van der Waals surface area contributed by atoms with Gasteiger partial charge in [0.1, 0.15) is 0 Å². The SMILES string of the molecule is CCOC(=O)[C@@H]1[C@@H](c2ccccc2C)[C@H](O)CC[C@H]1C(=O)OCC. The van der Waals surface area contributed by atoms with Crippen LogP contribution in [0.2, 0.25) is 0 Å². The Bertz CT molecular complexity index is 583. The van der Waals surface area contributed by atoms with Gasteiger partial charge in [0.2, 0.25) is 0 Å². The molecular weight excluding hydrogens is 308 g/mol. The van der Waals surface area contributed by atoms with E-state index in [1.54, 1.807) is 13.8 Å². The molecule has 0 amide bonds. The summed E-state index contributed by atoms with van der Waals surface area (Å²) in [4.78, 5) is 25.0. The van der Waals surface area contributed by atoms with Crippen LogP contribution in [0.5, 0.6) is 0 Å². The van der Waals surface area contributed by atoms with Gasteiger partial charge in [-0.15, -0.1) is 0 Å². The number of rotatable bonds is 5. The van der Waals surface area contributed by atoms with E-state index in [9.17, 15) is 14.7 Å². The molecule has 0 aliphatic heterocycles. The largest absolute Gasteiger partial charge is 0.466 e. The van der Waals surface area contributed by atoms with Crippen LogP contribution >= 0.6 is 0 Å². The van der Waals surface area contributed by atoms with Crippen LogP contribution in [0.1, 0.15) is 43.7 Å². The van der Waals surface area contributed by atoms with E-state index in [1.807, 2.05) is 31.2 Å². The molecule has 1 saturated carbocycles. The Labute approximate surface area is 143 Å². The van der Waals surface area contributed by atoms with Crippen LogP contribution in [-0.4, -0.2) is 36.4 Å². The van der Waals surface area contributed by atoms with Crippen molar-refractivity contribution in [1.29, 1.82) is 0 Å². The van der Waals surface area contributed by atoms with Gasteiger partial charge < -0.3 is 14.6 Å². The molecule has 24 heavy (non-hydrogen) atoms. The lowest BCUT2D eigenvalue weighted by Crippen LogP contribution is -2.45. The van der Waals surface area contributed by atoms with Crippen molar-refractivity contribution in [3.05, 3.63) is 35.4 Å². The van der Waals surface area contributed by atoms with Gasteiger partial charge in [0.25, 0.3) is 0 Å². The number of hydrogen-bond donors (Lipinski definition) is 1. The lowest BCUT2D eigenvalue weighted by Gasteiger charge is -2.39. The van der Waals surface area contributed by atoms with Gasteiger partial charge in [-0.1, -0.05) is 24.3 Å². The van der Waals surface area contributed by atoms with Crippen molar-refractivity contribution in [2.75, 3.05) is 13.2 Å². The summed E-state index contributed by atoms with van der Waals surface area (Å²) in [5.74, 6) is -2.61. The fourth-order valence-electron chi connectivity index (χ4n) is 3.62. The summed E-state index contributed by atoms with van der Waals surface area (Å²) in [6, 6.07) is 7.64. The molecule has 0 spiro atoms. The average molecular weight is 334 g/mol. The second-order valence-corrected chi connectivity index (χ2v) is 6.16. The number of hydrogen-bond acceptors (Lipinski definition) is 5. The molecule has 5 nitrogen and oxygen atoms in total. The number of benzene rings is 1. The first-order valence-corrected chi connectivity index (χ1v) is 8.58. The molecule has 1 aliphatic carbocycles. The second-order valence-electron chi connectivity index (χ2n) is 6.16. The predicted octanol–water partition coefficient (Wildman–Crippen LogP) is 2.59. The van der Waals surface area contributed by atoms with Crippen molar-refractivity contribution in [3.63, 3.8) is 0 Å². The summed E-state index contributed by atoms with van der Waals surface area (Å²) in [6.45, 7) is 5.93. The van der Waals surface area contributed by atoms with Gasteiger partial charge in [-0.25, -0.2) is 0 Å². The van der Waals surface area contributed by atoms with Gasteiger partial charge in [0.15, 0.2) is 0 Å². The predicted molar refractivity (Wildman–Crippen MR) is 89.4 cm³/mol. The van der Waals surface area contributed by atoms with Gasteiger partial charge in [0, 0.05) is 5.92 Å². The number of aliphatic hydroxyl groups is 1. The summed E-state index contributed by atoms with van der Waals surface area (Å²) < 4.78 is 10.4. The van der Waals surface area contributed by atoms with E-state index in [0.717, 1.165) is 11.1 Å². The minimum Gasteiger partial charge on any atom is -0.466 e. The van der Waals surface area contributed by atoms with Crippen LogP contribution in [0.3, 0.4) is 0 Å². The van der Waals surface area contributed by atoms with E-state index in [1.165, 1.54) is 0 Å². The third-order valence-electron chi connectivity index (χ3n) is 4.70. The maximum absolute atomic E-state index is 12.6. The van der Waals surface area contributed by atoms with E-state index in [0.29, 0.717) is 12.8 Å². The van der Waals surface area contributed by atoms with Crippen LogP contribution in [0.15, 0.2) is 24.3 Å². The van der Waals surface area contributed by atoms with Gasteiger partial charge in [0.05, 0.1) is 31.2 Å². The number of esters is 2. The fraction of sp³-hybridized carbons (Fsp3) is 0.579. The Morgan fingerprint density at radius 2 is 1.71 bits per heavy atom. The van der Waals surface area contributed by atoms with Crippen molar-refractivity contribution < 1.29 is 24.2 Å². The minimum absolute atomic E-state index is 0.238. The number of carbonyl (C=O) groups is 2. The lowest BCUT2D eigenvalue weighted by atomic mass is 9.67. The third-order valence-corrected chi connectivity index (χ3v) is 4.70. The van der Waals surface area contributed by atoms with Gasteiger partial charge >= 0.3 is 11.9 Å². The van der Waals surface area contributed by atoms with E-state index < -0.39 is 29.8 Å². The molecular formula is C19H26O5. The quantitative estimate of drug-likeness (QED) is 0.838. The lowest BCUT2D eigenvalue weighted by molar-refractivity contribution is -0.166. The molecule has 0 saturated heterocycles. The molecule has 0 radical (unpaired) electrons. The highest BCUT2D eigenvalue weighted by molar-refractivity contribution is 5.83. The van der Waals surface area contributed by atoms with E-state index in [-0.39, 0.29) is 19.2 Å². The topological polar surface area (TPSA) is 72.8 Å². The zero-order valence-electron chi connectivity index (χ0n) is 14.5. The molecule has 0 aromatic heterocycles. The molecule has 1 fully saturated rings. The number of ether oxygens (including phenoxy) is 2. The van der Waals surface area contributed by atoms with Crippen LogP contribution < -0.4 is 0 Å². The smallest absolute Gasteiger partial charge is 0.310 e. The van der Waals surface area contributed by atoms with Crippen LogP contribution in [0.4, 0.5) is 0 Å². The van der Waals surface area contributed by atoms with Crippen molar-refractivity contribution in [2.45, 2.75) is 45.6 Å². The first kappa shape index (κ1) is 18.5. The summed E-state index contributed by atoms with van der Waals surface area (Å²) in [7, 11) is 0. The van der Waals surface area contributed by atoms with E-state index >= 15 is 0 Å². The molecule has 1 aromatic rings. The average Bonchev–Trinajstić information content (AvgIpc) is 2.55. The number of aliphatic hydroxyl groups excluding tert-OH is 1. The Morgan fingerprint density at radius 3 is 2.33 bits per heavy atom. The molecule has 1 N–H and O–H groups in total. The molecule has 5 heteroatoms. The number of carbonyl (C=O) groups excluding carboxylic acids is 2. The van der Waals surface area contributed by atoms with Crippen molar-refractivity contribution >= 4 is 11.9 Å².